The molecule has 4 atom stereocenters. The Bertz CT molecular complexity index is 256. The molecule has 4 unspecified atom stereocenters. The van der Waals surface area contributed by atoms with Gasteiger partial charge in [0.1, 0.15) is 0 Å². The Balaban J connectivity index is 1.93. The zero-order chi connectivity index (χ0) is 12.6. The van der Waals surface area contributed by atoms with Crippen LogP contribution in [0.2, 0.25) is 0 Å². The third-order valence-electron chi connectivity index (χ3n) is 4.80. The molecule has 0 aromatic rings. The minimum atomic E-state index is 0.381. The largest absolute Gasteiger partial charge is 0.311 e. The molecule has 0 aromatic carbocycles. The number of rotatable bonds is 3. The van der Waals surface area contributed by atoms with Crippen molar-refractivity contribution < 1.29 is 0 Å². The summed E-state index contributed by atoms with van der Waals surface area (Å²) in [5.74, 6) is 1.97. The topological polar surface area (TPSA) is 15.3 Å². The molecule has 1 aliphatic heterocycles. The van der Waals surface area contributed by atoms with Crippen molar-refractivity contribution in [2.45, 2.75) is 59.5 Å². The molecule has 17 heavy (non-hydrogen) atoms. The van der Waals surface area contributed by atoms with Crippen molar-refractivity contribution in [2.75, 3.05) is 19.6 Å². The van der Waals surface area contributed by atoms with E-state index in [1.54, 1.807) is 0 Å². The third-order valence-corrected chi connectivity index (χ3v) is 4.80. The fourth-order valence-electron chi connectivity index (χ4n) is 3.02. The summed E-state index contributed by atoms with van der Waals surface area (Å²) in [7, 11) is 0. The van der Waals surface area contributed by atoms with Crippen molar-refractivity contribution >= 4 is 0 Å². The van der Waals surface area contributed by atoms with E-state index in [0.29, 0.717) is 11.5 Å². The average Bonchev–Trinajstić information content (AvgIpc) is 2.93. The van der Waals surface area contributed by atoms with Gasteiger partial charge in [-0.2, -0.15) is 0 Å². The Morgan fingerprint density at radius 1 is 1.29 bits per heavy atom. The van der Waals surface area contributed by atoms with E-state index >= 15 is 0 Å². The maximum atomic E-state index is 3.75. The Labute approximate surface area is 107 Å². The van der Waals surface area contributed by atoms with Gasteiger partial charge < -0.3 is 5.32 Å². The van der Waals surface area contributed by atoms with E-state index in [1.165, 1.54) is 32.5 Å². The fourth-order valence-corrected chi connectivity index (χ4v) is 3.02. The lowest BCUT2D eigenvalue weighted by Crippen LogP contribution is -2.60. The van der Waals surface area contributed by atoms with E-state index < -0.39 is 0 Å². The summed E-state index contributed by atoms with van der Waals surface area (Å²) in [5.41, 5.74) is 0.381. The Morgan fingerprint density at radius 3 is 2.41 bits per heavy atom. The molecule has 0 aromatic heterocycles. The van der Waals surface area contributed by atoms with Gasteiger partial charge in [-0.15, -0.1) is 0 Å². The van der Waals surface area contributed by atoms with Gasteiger partial charge in [0.25, 0.3) is 0 Å². The molecule has 2 heteroatoms. The number of hydrogen-bond donors (Lipinski definition) is 1. The Morgan fingerprint density at radius 2 is 1.94 bits per heavy atom. The minimum Gasteiger partial charge on any atom is -0.311 e. The molecule has 1 heterocycles. The molecule has 2 nitrogen and oxygen atoms in total. The first-order valence-electron chi connectivity index (χ1n) is 7.39. The summed E-state index contributed by atoms with van der Waals surface area (Å²) in [6.07, 6.45) is 2.74. The molecule has 2 rings (SSSR count). The predicted octanol–water partition coefficient (Wildman–Crippen LogP) is 2.74. The second-order valence-electron chi connectivity index (χ2n) is 7.32. The van der Waals surface area contributed by atoms with Crippen molar-refractivity contribution in [1.82, 2.24) is 10.2 Å². The van der Waals surface area contributed by atoms with Gasteiger partial charge in [0.05, 0.1) is 0 Å². The molecule has 0 bridgehead atoms. The van der Waals surface area contributed by atoms with E-state index in [-0.39, 0.29) is 0 Å². The van der Waals surface area contributed by atoms with Gasteiger partial charge in [-0.05, 0) is 30.1 Å². The van der Waals surface area contributed by atoms with Crippen LogP contribution in [-0.4, -0.2) is 36.6 Å². The maximum absolute atomic E-state index is 3.75. The fraction of sp³-hybridized carbons (Fsp3) is 1.00. The summed E-state index contributed by atoms with van der Waals surface area (Å²) in [4.78, 5) is 2.76. The molecular formula is C15H30N2. The highest BCUT2D eigenvalue weighted by molar-refractivity contribution is 4.94. The van der Waals surface area contributed by atoms with Gasteiger partial charge >= 0.3 is 0 Å². The van der Waals surface area contributed by atoms with Gasteiger partial charge in [-0.3, -0.25) is 4.90 Å². The van der Waals surface area contributed by atoms with Gasteiger partial charge in [-0.1, -0.05) is 34.6 Å². The monoisotopic (exact) mass is 238 g/mol. The van der Waals surface area contributed by atoms with E-state index in [4.69, 9.17) is 0 Å². The summed E-state index contributed by atoms with van der Waals surface area (Å²) >= 11 is 0. The van der Waals surface area contributed by atoms with Crippen LogP contribution in [-0.2, 0) is 0 Å². The second-order valence-corrected chi connectivity index (χ2v) is 7.32. The predicted molar refractivity (Wildman–Crippen MR) is 74.2 cm³/mol. The number of piperazine rings is 1. The molecule has 1 aliphatic carbocycles. The normalized spacial score (nSPS) is 39.4. The first kappa shape index (κ1) is 13.4. The van der Waals surface area contributed by atoms with Crippen LogP contribution in [0.3, 0.4) is 0 Å². The smallest absolute Gasteiger partial charge is 0.0244 e. The van der Waals surface area contributed by atoms with Crippen LogP contribution >= 0.6 is 0 Å². The van der Waals surface area contributed by atoms with Gasteiger partial charge in [0.2, 0.25) is 0 Å². The molecule has 0 amide bonds. The Hall–Kier alpha value is -0.0800. The number of nitrogens with one attached hydrogen (secondary N) is 1. The van der Waals surface area contributed by atoms with Crippen LogP contribution in [0, 0.1) is 17.3 Å². The zero-order valence-corrected chi connectivity index (χ0v) is 12.3. The summed E-state index contributed by atoms with van der Waals surface area (Å²) in [6.45, 7) is 15.6. The first-order valence-corrected chi connectivity index (χ1v) is 7.39. The van der Waals surface area contributed by atoms with Crippen LogP contribution in [0.5, 0.6) is 0 Å². The van der Waals surface area contributed by atoms with Crippen LogP contribution in [0.25, 0.3) is 0 Å². The highest BCUT2D eigenvalue weighted by Crippen LogP contribution is 2.39. The van der Waals surface area contributed by atoms with Crippen LogP contribution in [0.1, 0.15) is 47.5 Å². The molecular weight excluding hydrogens is 208 g/mol. The van der Waals surface area contributed by atoms with Crippen LogP contribution < -0.4 is 5.32 Å². The third kappa shape index (κ3) is 3.23. The highest BCUT2D eigenvalue weighted by Gasteiger charge is 2.39. The van der Waals surface area contributed by atoms with Crippen molar-refractivity contribution in [1.29, 1.82) is 0 Å². The van der Waals surface area contributed by atoms with Crippen molar-refractivity contribution in [2.24, 2.45) is 17.3 Å². The van der Waals surface area contributed by atoms with Gasteiger partial charge in [-0.25, -0.2) is 0 Å². The summed E-state index contributed by atoms with van der Waals surface area (Å²) < 4.78 is 0. The average molecular weight is 238 g/mol. The summed E-state index contributed by atoms with van der Waals surface area (Å²) in [6, 6.07) is 1.42. The van der Waals surface area contributed by atoms with E-state index in [1.807, 2.05) is 0 Å². The molecule has 2 fully saturated rings. The molecule has 1 saturated carbocycles. The SMILES string of the molecule is CCC1CNC(C(C)(C)C)CN1CC1CC1C. The molecule has 100 valence electrons. The van der Waals surface area contributed by atoms with E-state index in [0.717, 1.165) is 17.9 Å². The second kappa shape index (κ2) is 4.89. The van der Waals surface area contributed by atoms with Crippen molar-refractivity contribution in [3.63, 3.8) is 0 Å². The van der Waals surface area contributed by atoms with Crippen LogP contribution in [0.15, 0.2) is 0 Å². The number of nitrogens with zero attached hydrogens (tertiary/aromatic N) is 1. The van der Waals surface area contributed by atoms with Crippen molar-refractivity contribution in [3.05, 3.63) is 0 Å². The zero-order valence-electron chi connectivity index (χ0n) is 12.3. The summed E-state index contributed by atoms with van der Waals surface area (Å²) in [5, 5.41) is 3.75. The van der Waals surface area contributed by atoms with E-state index in [9.17, 15) is 0 Å². The first-order chi connectivity index (χ1) is 7.91. The molecule has 0 spiro atoms. The molecule has 1 N–H and O–H groups in total. The van der Waals surface area contributed by atoms with E-state index in [2.05, 4.69) is 44.8 Å². The van der Waals surface area contributed by atoms with Gasteiger partial charge in [0.15, 0.2) is 0 Å². The van der Waals surface area contributed by atoms with Crippen LogP contribution in [0.4, 0.5) is 0 Å². The molecule has 0 radical (unpaired) electrons. The van der Waals surface area contributed by atoms with Crippen molar-refractivity contribution in [3.8, 4) is 0 Å². The van der Waals surface area contributed by atoms with Gasteiger partial charge in [0, 0.05) is 31.7 Å². The lowest BCUT2D eigenvalue weighted by atomic mass is 9.84. The quantitative estimate of drug-likeness (QED) is 0.813. The highest BCUT2D eigenvalue weighted by atomic mass is 15.2. The minimum absolute atomic E-state index is 0.381. The standard InChI is InChI=1S/C15H30N2/c1-6-13-8-16-14(15(3,4)5)10-17(13)9-12-7-11(12)2/h11-14,16H,6-10H2,1-5H3. The molecule has 2 aliphatic rings. The Kier molecular flexibility index (Phi) is 3.84. The molecule has 1 saturated heterocycles. The maximum Gasteiger partial charge on any atom is 0.0244 e. The lowest BCUT2D eigenvalue weighted by Gasteiger charge is -2.45. The number of hydrogen-bond acceptors (Lipinski definition) is 2. The lowest BCUT2D eigenvalue weighted by molar-refractivity contribution is 0.0786.